The van der Waals surface area contributed by atoms with Gasteiger partial charge in [-0.05, 0) is 18.8 Å². The average Bonchev–Trinajstić information content (AvgIpc) is 2.91. The number of carbonyl (C=O) groups is 1. The van der Waals surface area contributed by atoms with Crippen molar-refractivity contribution in [1.82, 2.24) is 14.7 Å². The van der Waals surface area contributed by atoms with Crippen molar-refractivity contribution >= 4 is 21.8 Å². The van der Waals surface area contributed by atoms with E-state index in [1.165, 1.54) is 0 Å². The number of amides is 1. The van der Waals surface area contributed by atoms with Gasteiger partial charge in [0.15, 0.2) is 0 Å². The lowest BCUT2D eigenvalue weighted by Gasteiger charge is -2.25. The Hall–Kier alpha value is -0.840. The number of aryl methyl sites for hydroxylation is 2. The van der Waals surface area contributed by atoms with Gasteiger partial charge >= 0.3 is 0 Å². The molecule has 0 saturated carbocycles. The van der Waals surface area contributed by atoms with Crippen LogP contribution in [-0.2, 0) is 13.5 Å². The monoisotopic (exact) mass is 313 g/mol. The first kappa shape index (κ1) is 13.6. The molecule has 2 rings (SSSR count). The molecule has 0 aromatic carbocycles. The largest absolute Gasteiger partial charge is 0.334 e. The van der Waals surface area contributed by atoms with E-state index in [4.69, 9.17) is 0 Å². The lowest BCUT2D eigenvalue weighted by atomic mass is 10.0. The summed E-state index contributed by atoms with van der Waals surface area (Å²) in [5, 5.41) is 5.20. The van der Waals surface area contributed by atoms with Gasteiger partial charge in [-0.3, -0.25) is 9.48 Å². The molecule has 2 heterocycles. The van der Waals surface area contributed by atoms with Crippen molar-refractivity contribution in [3.8, 4) is 0 Å². The lowest BCUT2D eigenvalue weighted by Crippen LogP contribution is -2.38. The Kier molecular flexibility index (Phi) is 4.10. The molecular weight excluding hydrogens is 294 g/mol. The summed E-state index contributed by atoms with van der Waals surface area (Å²) in [5.41, 5.74) is 1.66. The zero-order chi connectivity index (χ0) is 13.3. The molecule has 0 radical (unpaired) electrons. The third kappa shape index (κ3) is 2.32. The Morgan fingerprint density at radius 2 is 2.33 bits per heavy atom. The molecule has 2 atom stereocenters. The van der Waals surface area contributed by atoms with E-state index in [0.717, 1.165) is 36.0 Å². The number of carbonyl (C=O) groups excluding carboxylic acids is 1. The minimum absolute atomic E-state index is 0.133. The molecule has 1 aromatic rings. The van der Waals surface area contributed by atoms with E-state index >= 15 is 0 Å². The van der Waals surface area contributed by atoms with Gasteiger partial charge in [-0.1, -0.05) is 29.8 Å². The molecule has 0 aliphatic carbocycles. The molecule has 1 aromatic heterocycles. The van der Waals surface area contributed by atoms with E-state index in [2.05, 4.69) is 28.0 Å². The molecular formula is C13H20BrN3O. The molecule has 0 N–H and O–H groups in total. The summed E-state index contributed by atoms with van der Waals surface area (Å²) < 4.78 is 1.73. The number of halogens is 1. The van der Waals surface area contributed by atoms with Crippen molar-refractivity contribution < 1.29 is 4.79 Å². The molecule has 0 spiro atoms. The predicted octanol–water partition coefficient (Wildman–Crippen LogP) is 2.23. The van der Waals surface area contributed by atoms with Gasteiger partial charge in [-0.25, -0.2) is 0 Å². The van der Waals surface area contributed by atoms with Crippen LogP contribution in [-0.4, -0.2) is 38.5 Å². The van der Waals surface area contributed by atoms with Gasteiger partial charge < -0.3 is 4.90 Å². The van der Waals surface area contributed by atoms with E-state index in [9.17, 15) is 4.79 Å². The van der Waals surface area contributed by atoms with Crippen LogP contribution in [0.15, 0.2) is 6.20 Å². The van der Waals surface area contributed by atoms with Gasteiger partial charge in [0, 0.05) is 31.2 Å². The van der Waals surface area contributed by atoms with Crippen LogP contribution in [0.25, 0.3) is 0 Å². The molecule has 1 aliphatic heterocycles. The van der Waals surface area contributed by atoms with Gasteiger partial charge in [0.05, 0.1) is 11.3 Å². The van der Waals surface area contributed by atoms with Crippen LogP contribution in [0, 0.1) is 5.92 Å². The zero-order valence-electron chi connectivity index (χ0n) is 11.2. The number of rotatable bonds is 3. The van der Waals surface area contributed by atoms with Crippen molar-refractivity contribution in [3.05, 3.63) is 17.5 Å². The van der Waals surface area contributed by atoms with Crippen LogP contribution in [0.5, 0.6) is 0 Å². The average molecular weight is 314 g/mol. The zero-order valence-corrected chi connectivity index (χ0v) is 12.8. The summed E-state index contributed by atoms with van der Waals surface area (Å²) in [6.07, 6.45) is 3.73. The van der Waals surface area contributed by atoms with E-state index < -0.39 is 0 Å². The summed E-state index contributed by atoms with van der Waals surface area (Å²) in [6.45, 7) is 5.10. The number of aromatic nitrogens is 2. The van der Waals surface area contributed by atoms with Crippen molar-refractivity contribution in [2.45, 2.75) is 32.7 Å². The standard InChI is InChI=1S/C13H20BrN3O/c1-4-11-10(8-16(3)15-11)13(18)17-6-5-9(2)12(17)7-14/h8-9,12H,4-7H2,1-3H3. The summed E-state index contributed by atoms with van der Waals surface area (Å²) in [5.74, 6) is 0.698. The quantitative estimate of drug-likeness (QED) is 0.803. The molecule has 100 valence electrons. The summed E-state index contributed by atoms with van der Waals surface area (Å²) in [6, 6.07) is 0.308. The Bertz CT molecular complexity index is 443. The van der Waals surface area contributed by atoms with E-state index in [1.54, 1.807) is 4.68 Å². The molecule has 1 amide bonds. The second kappa shape index (κ2) is 5.43. The lowest BCUT2D eigenvalue weighted by molar-refractivity contribution is 0.0737. The molecule has 4 nitrogen and oxygen atoms in total. The fourth-order valence-corrected chi connectivity index (χ4v) is 3.61. The summed E-state index contributed by atoms with van der Waals surface area (Å²) >= 11 is 3.52. The third-order valence-electron chi connectivity index (χ3n) is 3.77. The highest BCUT2D eigenvalue weighted by Gasteiger charge is 2.35. The van der Waals surface area contributed by atoms with E-state index in [1.807, 2.05) is 25.1 Å². The minimum Gasteiger partial charge on any atom is -0.334 e. The van der Waals surface area contributed by atoms with Crippen LogP contribution in [0.2, 0.25) is 0 Å². The topological polar surface area (TPSA) is 38.1 Å². The van der Waals surface area contributed by atoms with Crippen LogP contribution in [0.4, 0.5) is 0 Å². The number of nitrogens with zero attached hydrogens (tertiary/aromatic N) is 3. The van der Waals surface area contributed by atoms with Gasteiger partial charge in [0.1, 0.15) is 0 Å². The highest BCUT2D eigenvalue weighted by molar-refractivity contribution is 9.09. The maximum Gasteiger partial charge on any atom is 0.257 e. The minimum atomic E-state index is 0.133. The van der Waals surface area contributed by atoms with Crippen molar-refractivity contribution in [2.24, 2.45) is 13.0 Å². The first-order chi connectivity index (χ1) is 8.58. The van der Waals surface area contributed by atoms with Crippen LogP contribution >= 0.6 is 15.9 Å². The molecule has 18 heavy (non-hydrogen) atoms. The van der Waals surface area contributed by atoms with Gasteiger partial charge in [-0.15, -0.1) is 0 Å². The molecule has 2 unspecified atom stereocenters. The van der Waals surface area contributed by atoms with Crippen molar-refractivity contribution in [3.63, 3.8) is 0 Å². The summed E-state index contributed by atoms with van der Waals surface area (Å²) in [4.78, 5) is 14.6. The number of likely N-dealkylation sites (tertiary alicyclic amines) is 1. The molecule has 1 aliphatic rings. The summed E-state index contributed by atoms with van der Waals surface area (Å²) in [7, 11) is 1.87. The van der Waals surface area contributed by atoms with Crippen LogP contribution in [0.3, 0.4) is 0 Å². The third-order valence-corrected chi connectivity index (χ3v) is 4.44. The Balaban J connectivity index is 2.25. The fourth-order valence-electron chi connectivity index (χ4n) is 2.62. The number of hydrogen-bond donors (Lipinski definition) is 0. The van der Waals surface area contributed by atoms with Gasteiger partial charge in [0.2, 0.25) is 0 Å². The number of hydrogen-bond acceptors (Lipinski definition) is 2. The predicted molar refractivity (Wildman–Crippen MR) is 75.0 cm³/mol. The first-order valence-corrected chi connectivity index (χ1v) is 7.60. The van der Waals surface area contributed by atoms with Gasteiger partial charge in [-0.2, -0.15) is 5.10 Å². The van der Waals surface area contributed by atoms with Crippen LogP contribution in [0.1, 0.15) is 36.3 Å². The molecule has 0 bridgehead atoms. The maximum atomic E-state index is 12.6. The maximum absolute atomic E-state index is 12.6. The van der Waals surface area contributed by atoms with E-state index in [-0.39, 0.29) is 5.91 Å². The van der Waals surface area contributed by atoms with Crippen molar-refractivity contribution in [1.29, 1.82) is 0 Å². The highest BCUT2D eigenvalue weighted by Crippen LogP contribution is 2.27. The molecule has 1 saturated heterocycles. The Labute approximate surface area is 116 Å². The Morgan fingerprint density at radius 1 is 1.61 bits per heavy atom. The smallest absolute Gasteiger partial charge is 0.257 e. The van der Waals surface area contributed by atoms with Crippen LogP contribution < -0.4 is 0 Å². The fraction of sp³-hybridized carbons (Fsp3) is 0.692. The van der Waals surface area contributed by atoms with E-state index in [0.29, 0.717) is 12.0 Å². The second-order valence-electron chi connectivity index (χ2n) is 5.00. The Morgan fingerprint density at radius 3 is 2.94 bits per heavy atom. The normalized spacial score (nSPS) is 23.7. The SMILES string of the molecule is CCc1nn(C)cc1C(=O)N1CCC(C)C1CBr. The molecule has 5 heteroatoms. The second-order valence-corrected chi connectivity index (χ2v) is 5.65. The molecule has 1 fully saturated rings. The van der Waals surface area contributed by atoms with Crippen molar-refractivity contribution in [2.75, 3.05) is 11.9 Å². The first-order valence-electron chi connectivity index (χ1n) is 6.47. The number of alkyl halides is 1. The highest BCUT2D eigenvalue weighted by atomic mass is 79.9. The van der Waals surface area contributed by atoms with Gasteiger partial charge in [0.25, 0.3) is 5.91 Å².